The van der Waals surface area contributed by atoms with Crippen LogP contribution in [0.4, 0.5) is 0 Å². The molecule has 90 valence electrons. The monoisotopic (exact) mass is 225 g/mol. The highest BCUT2D eigenvalue weighted by Crippen LogP contribution is 2.15. The Bertz CT molecular complexity index is 289. The quantitative estimate of drug-likeness (QED) is 0.553. The van der Waals surface area contributed by atoms with Crippen molar-refractivity contribution in [2.75, 3.05) is 13.1 Å². The van der Waals surface area contributed by atoms with Crippen LogP contribution in [-0.4, -0.2) is 30.9 Å². The number of nitrogens with two attached hydrogens (primary N) is 1. The zero-order chi connectivity index (χ0) is 12.0. The first kappa shape index (κ1) is 12.7. The fourth-order valence-corrected chi connectivity index (χ4v) is 1.64. The number of carbonyl (C=O) groups excluding carboxylic acids is 2. The second-order valence-corrected chi connectivity index (χ2v) is 3.89. The molecule has 1 aliphatic carbocycles. The van der Waals surface area contributed by atoms with Gasteiger partial charge in [-0.1, -0.05) is 12.2 Å². The lowest BCUT2D eigenvalue weighted by molar-refractivity contribution is -0.124. The minimum atomic E-state index is -0.135. The zero-order valence-electron chi connectivity index (χ0n) is 9.53. The number of rotatable bonds is 5. The lowest BCUT2D eigenvalue weighted by Crippen LogP contribution is -2.34. The van der Waals surface area contributed by atoms with Crippen molar-refractivity contribution in [1.82, 2.24) is 10.6 Å². The van der Waals surface area contributed by atoms with Gasteiger partial charge in [-0.2, -0.15) is 0 Å². The molecular weight excluding hydrogens is 206 g/mol. The molecule has 0 aromatic heterocycles. The van der Waals surface area contributed by atoms with Gasteiger partial charge in [-0.15, -0.1) is 0 Å². The van der Waals surface area contributed by atoms with Gasteiger partial charge in [-0.3, -0.25) is 9.59 Å². The van der Waals surface area contributed by atoms with E-state index in [1.807, 2.05) is 19.1 Å². The van der Waals surface area contributed by atoms with Crippen LogP contribution in [0, 0.1) is 5.92 Å². The Labute approximate surface area is 95.5 Å². The van der Waals surface area contributed by atoms with Crippen molar-refractivity contribution in [3.05, 3.63) is 12.2 Å². The lowest BCUT2D eigenvalue weighted by atomic mass is 10.1. The third-order valence-electron chi connectivity index (χ3n) is 2.48. The first-order valence-corrected chi connectivity index (χ1v) is 5.61. The van der Waals surface area contributed by atoms with Crippen LogP contribution in [0.5, 0.6) is 0 Å². The average Bonchev–Trinajstić information content (AvgIpc) is 2.65. The molecule has 0 aliphatic heterocycles. The van der Waals surface area contributed by atoms with Crippen molar-refractivity contribution in [2.45, 2.75) is 25.8 Å². The van der Waals surface area contributed by atoms with Gasteiger partial charge in [0.05, 0.1) is 5.92 Å². The standard InChI is InChI=1S/C11H19N3O2/c1-2-13-10(15)5-6-14-11(16)8-3-4-9(12)7-8/h3-4,8-9H,2,5-7,12H2,1H3,(H,13,15)(H,14,16). The molecule has 0 saturated heterocycles. The molecule has 1 rings (SSSR count). The fraction of sp³-hybridized carbons (Fsp3) is 0.636. The van der Waals surface area contributed by atoms with Gasteiger partial charge >= 0.3 is 0 Å². The highest BCUT2D eigenvalue weighted by Gasteiger charge is 2.22. The van der Waals surface area contributed by atoms with Gasteiger partial charge in [0.15, 0.2) is 0 Å². The van der Waals surface area contributed by atoms with Crippen molar-refractivity contribution in [2.24, 2.45) is 11.7 Å². The molecule has 2 atom stereocenters. The summed E-state index contributed by atoms with van der Waals surface area (Å²) in [6.45, 7) is 2.86. The van der Waals surface area contributed by atoms with Crippen LogP contribution in [0.1, 0.15) is 19.8 Å². The molecule has 0 spiro atoms. The van der Waals surface area contributed by atoms with Crippen molar-refractivity contribution >= 4 is 11.8 Å². The van der Waals surface area contributed by atoms with Crippen LogP contribution in [0.25, 0.3) is 0 Å². The van der Waals surface area contributed by atoms with E-state index < -0.39 is 0 Å². The molecule has 16 heavy (non-hydrogen) atoms. The highest BCUT2D eigenvalue weighted by molar-refractivity contribution is 5.82. The maximum Gasteiger partial charge on any atom is 0.227 e. The third kappa shape index (κ3) is 4.02. The predicted molar refractivity (Wildman–Crippen MR) is 61.5 cm³/mol. The molecule has 0 aromatic carbocycles. The molecule has 0 bridgehead atoms. The average molecular weight is 225 g/mol. The van der Waals surface area contributed by atoms with E-state index in [4.69, 9.17) is 5.73 Å². The smallest absolute Gasteiger partial charge is 0.227 e. The summed E-state index contributed by atoms with van der Waals surface area (Å²) < 4.78 is 0. The van der Waals surface area contributed by atoms with Crippen LogP contribution < -0.4 is 16.4 Å². The minimum absolute atomic E-state index is 0.0147. The summed E-state index contributed by atoms with van der Waals surface area (Å²) in [7, 11) is 0. The van der Waals surface area contributed by atoms with Gasteiger partial charge in [-0.05, 0) is 13.3 Å². The first-order valence-electron chi connectivity index (χ1n) is 5.61. The van der Waals surface area contributed by atoms with E-state index >= 15 is 0 Å². The zero-order valence-corrected chi connectivity index (χ0v) is 9.53. The molecule has 2 unspecified atom stereocenters. The molecule has 0 saturated carbocycles. The highest BCUT2D eigenvalue weighted by atomic mass is 16.2. The predicted octanol–water partition coefficient (Wildman–Crippen LogP) is -0.468. The van der Waals surface area contributed by atoms with Gasteiger partial charge in [-0.25, -0.2) is 0 Å². The minimum Gasteiger partial charge on any atom is -0.356 e. The van der Waals surface area contributed by atoms with Gasteiger partial charge < -0.3 is 16.4 Å². The second-order valence-electron chi connectivity index (χ2n) is 3.89. The summed E-state index contributed by atoms with van der Waals surface area (Å²) >= 11 is 0. The molecule has 1 aliphatic rings. The summed E-state index contributed by atoms with van der Waals surface area (Å²) in [5.74, 6) is -0.223. The van der Waals surface area contributed by atoms with E-state index in [1.54, 1.807) is 0 Å². The largest absolute Gasteiger partial charge is 0.356 e. The van der Waals surface area contributed by atoms with Crippen LogP contribution in [-0.2, 0) is 9.59 Å². The summed E-state index contributed by atoms with van der Waals surface area (Å²) in [4.78, 5) is 22.7. The van der Waals surface area contributed by atoms with Crippen LogP contribution in [0.15, 0.2) is 12.2 Å². The number of hydrogen-bond acceptors (Lipinski definition) is 3. The number of nitrogens with one attached hydrogen (secondary N) is 2. The molecule has 0 fully saturated rings. The molecule has 2 amide bonds. The number of hydrogen-bond donors (Lipinski definition) is 3. The van der Waals surface area contributed by atoms with E-state index in [9.17, 15) is 9.59 Å². The number of carbonyl (C=O) groups is 2. The van der Waals surface area contributed by atoms with Gasteiger partial charge in [0.25, 0.3) is 0 Å². The molecule has 5 heteroatoms. The summed E-state index contributed by atoms with van der Waals surface area (Å²) in [6, 6.07) is -0.0147. The Morgan fingerprint density at radius 2 is 2.12 bits per heavy atom. The maximum atomic E-state index is 11.6. The van der Waals surface area contributed by atoms with Gasteiger partial charge in [0, 0.05) is 25.6 Å². The Morgan fingerprint density at radius 1 is 1.38 bits per heavy atom. The van der Waals surface area contributed by atoms with E-state index in [0.717, 1.165) is 0 Å². The molecule has 0 radical (unpaired) electrons. The lowest BCUT2D eigenvalue weighted by Gasteiger charge is -2.10. The van der Waals surface area contributed by atoms with E-state index in [1.165, 1.54) is 0 Å². The molecule has 4 N–H and O–H groups in total. The van der Waals surface area contributed by atoms with Crippen molar-refractivity contribution in [3.63, 3.8) is 0 Å². The SMILES string of the molecule is CCNC(=O)CCNC(=O)C1C=CC(N)C1. The third-order valence-corrected chi connectivity index (χ3v) is 2.48. The fourth-order valence-electron chi connectivity index (χ4n) is 1.64. The second kappa shape index (κ2) is 6.27. The summed E-state index contributed by atoms with van der Waals surface area (Å²) in [5.41, 5.74) is 5.65. The van der Waals surface area contributed by atoms with Gasteiger partial charge in [0.1, 0.15) is 0 Å². The molecule has 0 aromatic rings. The van der Waals surface area contributed by atoms with Crippen LogP contribution in [0.3, 0.4) is 0 Å². The first-order chi connectivity index (χ1) is 7.63. The van der Waals surface area contributed by atoms with Crippen molar-refractivity contribution in [1.29, 1.82) is 0 Å². The van der Waals surface area contributed by atoms with Crippen LogP contribution in [0.2, 0.25) is 0 Å². The Kier molecular flexibility index (Phi) is 4.98. The maximum absolute atomic E-state index is 11.6. The molecule has 0 heterocycles. The van der Waals surface area contributed by atoms with Crippen molar-refractivity contribution < 1.29 is 9.59 Å². The normalized spacial score (nSPS) is 23.1. The number of amides is 2. The van der Waals surface area contributed by atoms with Gasteiger partial charge in [0.2, 0.25) is 11.8 Å². The molecule has 5 nitrogen and oxygen atoms in total. The van der Waals surface area contributed by atoms with E-state index in [0.29, 0.717) is 25.9 Å². The van der Waals surface area contributed by atoms with E-state index in [2.05, 4.69) is 10.6 Å². The summed E-state index contributed by atoms with van der Waals surface area (Å²) in [5, 5.41) is 5.40. The van der Waals surface area contributed by atoms with Crippen molar-refractivity contribution in [3.8, 4) is 0 Å². The Morgan fingerprint density at radius 3 is 2.69 bits per heavy atom. The Balaban J connectivity index is 2.16. The van der Waals surface area contributed by atoms with E-state index in [-0.39, 0.29) is 23.8 Å². The van der Waals surface area contributed by atoms with Crippen LogP contribution >= 0.6 is 0 Å². The topological polar surface area (TPSA) is 84.2 Å². The summed E-state index contributed by atoms with van der Waals surface area (Å²) in [6.07, 6.45) is 4.65. The molecular formula is C11H19N3O2. The Hall–Kier alpha value is -1.36.